The molecule has 3 aromatic rings. The number of nitrogens with zero attached hydrogens (tertiary/aromatic N) is 3. The lowest BCUT2D eigenvalue weighted by Gasteiger charge is -2.15. The lowest BCUT2D eigenvalue weighted by molar-refractivity contribution is -0.119. The molecular weight excluding hydrogens is 342 g/mol. The van der Waals surface area contributed by atoms with E-state index in [0.29, 0.717) is 17.8 Å². The van der Waals surface area contributed by atoms with Gasteiger partial charge in [0.15, 0.2) is 0 Å². The van der Waals surface area contributed by atoms with Gasteiger partial charge in [0.05, 0.1) is 23.5 Å². The van der Waals surface area contributed by atoms with Crippen LogP contribution in [0, 0.1) is 0 Å². The molecule has 0 saturated heterocycles. The molecule has 0 aliphatic rings. The van der Waals surface area contributed by atoms with Crippen molar-refractivity contribution in [2.75, 3.05) is 0 Å². The molecule has 138 valence electrons. The van der Waals surface area contributed by atoms with Gasteiger partial charge in [-0.15, -0.1) is 0 Å². The number of rotatable bonds is 6. The smallest absolute Gasteiger partial charge is 0.253 e. The normalized spacial score (nSPS) is 11.6. The van der Waals surface area contributed by atoms with Gasteiger partial charge in [-0.2, -0.15) is 5.10 Å². The topological polar surface area (TPSA) is 88.9 Å². The van der Waals surface area contributed by atoms with Crippen molar-refractivity contribution in [1.29, 1.82) is 0 Å². The summed E-state index contributed by atoms with van der Waals surface area (Å²) in [4.78, 5) is 28.0. The molecule has 3 rings (SSSR count). The zero-order valence-electron chi connectivity index (χ0n) is 15.2. The van der Waals surface area contributed by atoms with E-state index in [1.807, 2.05) is 37.3 Å². The van der Waals surface area contributed by atoms with E-state index in [0.717, 1.165) is 11.1 Å². The van der Waals surface area contributed by atoms with Gasteiger partial charge in [-0.3, -0.25) is 14.6 Å². The molecule has 7 nitrogen and oxygen atoms in total. The summed E-state index contributed by atoms with van der Waals surface area (Å²) in [5.74, 6) is -0.298. The molecule has 0 radical (unpaired) electrons. The zero-order chi connectivity index (χ0) is 19.2. The van der Waals surface area contributed by atoms with Crippen LogP contribution < -0.4 is 10.6 Å². The summed E-state index contributed by atoms with van der Waals surface area (Å²) < 4.78 is 1.64. The summed E-state index contributed by atoms with van der Waals surface area (Å²) in [6, 6.07) is 10.8. The fourth-order valence-electron chi connectivity index (χ4n) is 2.66. The lowest BCUT2D eigenvalue weighted by Crippen LogP contribution is -2.27. The van der Waals surface area contributed by atoms with Crippen molar-refractivity contribution in [2.45, 2.75) is 26.4 Å². The van der Waals surface area contributed by atoms with Gasteiger partial charge in [-0.05, 0) is 30.7 Å². The molecule has 2 amide bonds. The first-order valence-corrected chi connectivity index (χ1v) is 8.63. The minimum Gasteiger partial charge on any atom is -0.352 e. The van der Waals surface area contributed by atoms with Gasteiger partial charge in [0.25, 0.3) is 5.91 Å². The van der Waals surface area contributed by atoms with E-state index in [2.05, 4.69) is 20.7 Å². The molecule has 0 aliphatic heterocycles. The predicted octanol–water partition coefficient (Wildman–Crippen LogP) is 2.39. The van der Waals surface area contributed by atoms with Gasteiger partial charge in [0, 0.05) is 37.6 Å². The van der Waals surface area contributed by atoms with Gasteiger partial charge in [-0.25, -0.2) is 4.68 Å². The minimum absolute atomic E-state index is 0.105. The molecule has 27 heavy (non-hydrogen) atoms. The lowest BCUT2D eigenvalue weighted by atomic mass is 10.1. The van der Waals surface area contributed by atoms with Crippen LogP contribution in [0.25, 0.3) is 5.69 Å². The molecule has 0 spiro atoms. The average Bonchev–Trinajstić information content (AvgIpc) is 3.16. The van der Waals surface area contributed by atoms with Crippen LogP contribution in [0.4, 0.5) is 0 Å². The highest BCUT2D eigenvalue weighted by Gasteiger charge is 2.16. The second kappa shape index (κ2) is 8.27. The van der Waals surface area contributed by atoms with Crippen molar-refractivity contribution in [3.63, 3.8) is 0 Å². The van der Waals surface area contributed by atoms with Crippen LogP contribution in [0.15, 0.2) is 61.2 Å². The molecule has 1 aromatic carbocycles. The fourth-order valence-corrected chi connectivity index (χ4v) is 2.66. The summed E-state index contributed by atoms with van der Waals surface area (Å²) in [6.45, 7) is 3.77. The molecule has 0 bridgehead atoms. The number of aromatic nitrogens is 3. The number of hydrogen-bond donors (Lipinski definition) is 2. The van der Waals surface area contributed by atoms with Crippen LogP contribution in [-0.4, -0.2) is 26.6 Å². The number of hydrogen-bond acceptors (Lipinski definition) is 4. The highest BCUT2D eigenvalue weighted by Crippen LogP contribution is 2.17. The van der Waals surface area contributed by atoms with E-state index < -0.39 is 0 Å². The van der Waals surface area contributed by atoms with Crippen LogP contribution in [-0.2, 0) is 11.3 Å². The van der Waals surface area contributed by atoms with Crippen molar-refractivity contribution in [3.05, 3.63) is 77.9 Å². The highest BCUT2D eigenvalue weighted by molar-refractivity contribution is 5.98. The van der Waals surface area contributed by atoms with Crippen LogP contribution in [0.5, 0.6) is 0 Å². The molecule has 0 aliphatic carbocycles. The fraction of sp³-hybridized carbons (Fsp3) is 0.200. The number of carbonyl (C=O) groups excluding carboxylic acids is 2. The summed E-state index contributed by atoms with van der Waals surface area (Å²) in [5, 5.41) is 10.0. The molecule has 0 saturated carbocycles. The number of amides is 2. The highest BCUT2D eigenvalue weighted by atomic mass is 16.2. The molecular formula is C20H21N5O2. The first-order chi connectivity index (χ1) is 13.0. The van der Waals surface area contributed by atoms with E-state index in [9.17, 15) is 9.59 Å². The second-order valence-corrected chi connectivity index (χ2v) is 6.20. The Morgan fingerprint density at radius 1 is 1.15 bits per heavy atom. The Kier molecular flexibility index (Phi) is 5.61. The number of pyridine rings is 1. The maximum absolute atomic E-state index is 12.8. The van der Waals surface area contributed by atoms with Gasteiger partial charge >= 0.3 is 0 Å². The Bertz CT molecular complexity index is 936. The van der Waals surface area contributed by atoms with Gasteiger partial charge in [0.1, 0.15) is 0 Å². The average molecular weight is 363 g/mol. The Morgan fingerprint density at radius 3 is 2.70 bits per heavy atom. The molecule has 0 unspecified atom stereocenters. The molecule has 2 heterocycles. The van der Waals surface area contributed by atoms with E-state index >= 15 is 0 Å². The zero-order valence-corrected chi connectivity index (χ0v) is 15.2. The van der Waals surface area contributed by atoms with E-state index in [1.165, 1.54) is 6.92 Å². The van der Waals surface area contributed by atoms with Crippen molar-refractivity contribution < 1.29 is 9.59 Å². The summed E-state index contributed by atoms with van der Waals surface area (Å²) in [6.07, 6.45) is 6.90. The monoisotopic (exact) mass is 363 g/mol. The third-order valence-electron chi connectivity index (χ3n) is 4.11. The van der Waals surface area contributed by atoms with E-state index in [-0.39, 0.29) is 17.9 Å². The van der Waals surface area contributed by atoms with Gasteiger partial charge in [0.2, 0.25) is 5.91 Å². The van der Waals surface area contributed by atoms with E-state index in [1.54, 1.807) is 35.5 Å². The van der Waals surface area contributed by atoms with Crippen molar-refractivity contribution in [3.8, 4) is 5.69 Å². The first-order valence-electron chi connectivity index (χ1n) is 8.63. The molecule has 0 fully saturated rings. The Balaban J connectivity index is 1.79. The molecule has 2 aromatic heterocycles. The van der Waals surface area contributed by atoms with Crippen molar-refractivity contribution in [1.82, 2.24) is 25.4 Å². The SMILES string of the molecule is CC(=O)NCc1cnn(-c2ccccc2C(=O)N[C@H](C)c2cccnc2)c1. The number of carbonyl (C=O) groups is 2. The van der Waals surface area contributed by atoms with Crippen LogP contribution in [0.1, 0.15) is 41.4 Å². The second-order valence-electron chi connectivity index (χ2n) is 6.20. The number of nitrogens with one attached hydrogen (secondary N) is 2. The maximum Gasteiger partial charge on any atom is 0.253 e. The molecule has 7 heteroatoms. The third-order valence-corrected chi connectivity index (χ3v) is 4.11. The number of para-hydroxylation sites is 1. The van der Waals surface area contributed by atoms with E-state index in [4.69, 9.17) is 0 Å². The van der Waals surface area contributed by atoms with Crippen LogP contribution in [0.3, 0.4) is 0 Å². The van der Waals surface area contributed by atoms with Crippen LogP contribution >= 0.6 is 0 Å². The maximum atomic E-state index is 12.8. The Hall–Kier alpha value is -3.48. The standard InChI is InChI=1S/C20H21N5O2/c1-14(17-6-5-9-21-12-17)24-20(27)18-7-3-4-8-19(18)25-13-16(11-23-25)10-22-15(2)26/h3-9,11-14H,10H2,1-2H3,(H,22,26)(H,24,27)/t14-/m1/s1. The predicted molar refractivity (Wildman–Crippen MR) is 101 cm³/mol. The van der Waals surface area contributed by atoms with Gasteiger partial charge < -0.3 is 10.6 Å². The summed E-state index contributed by atoms with van der Waals surface area (Å²) >= 11 is 0. The first kappa shape index (κ1) is 18.3. The quantitative estimate of drug-likeness (QED) is 0.704. The van der Waals surface area contributed by atoms with Gasteiger partial charge in [-0.1, -0.05) is 18.2 Å². The van der Waals surface area contributed by atoms with Crippen molar-refractivity contribution in [2.24, 2.45) is 0 Å². The molecule has 1 atom stereocenters. The Morgan fingerprint density at radius 2 is 1.96 bits per heavy atom. The minimum atomic E-state index is -0.194. The van der Waals surface area contributed by atoms with Crippen LogP contribution in [0.2, 0.25) is 0 Å². The molecule has 2 N–H and O–H groups in total. The third kappa shape index (κ3) is 4.58. The summed E-state index contributed by atoms with van der Waals surface area (Å²) in [7, 11) is 0. The number of benzene rings is 1. The summed E-state index contributed by atoms with van der Waals surface area (Å²) in [5.41, 5.74) is 2.97. The van der Waals surface area contributed by atoms with Crippen molar-refractivity contribution >= 4 is 11.8 Å². The largest absolute Gasteiger partial charge is 0.352 e. The Labute approximate surface area is 157 Å².